The monoisotopic (exact) mass is 321 g/mol. The molecule has 0 atom stereocenters. The smallest absolute Gasteiger partial charge is 0.248 e. The molecule has 0 unspecified atom stereocenters. The zero-order chi connectivity index (χ0) is 16.2. The fourth-order valence-corrected chi connectivity index (χ4v) is 3.55. The van der Waals surface area contributed by atoms with E-state index in [2.05, 4.69) is 0 Å². The van der Waals surface area contributed by atoms with Crippen molar-refractivity contribution in [3.05, 3.63) is 35.9 Å². The summed E-state index contributed by atoms with van der Waals surface area (Å²) >= 11 is 0. The highest BCUT2D eigenvalue weighted by Crippen LogP contribution is 2.27. The van der Waals surface area contributed by atoms with Crippen molar-refractivity contribution < 1.29 is 13.2 Å². The Bertz CT molecular complexity index is 652. The zero-order valence-corrected chi connectivity index (χ0v) is 13.7. The molecular weight excluding hydrogens is 298 g/mol. The maximum Gasteiger partial charge on any atom is 0.248 e. The number of benzene rings is 1. The summed E-state index contributed by atoms with van der Waals surface area (Å²) in [6, 6.07) is 6.36. The van der Waals surface area contributed by atoms with Gasteiger partial charge in [0.15, 0.2) is 9.84 Å². The van der Waals surface area contributed by atoms with Gasteiger partial charge in [-0.25, -0.2) is 8.42 Å². The van der Waals surface area contributed by atoms with Gasteiger partial charge in [-0.15, -0.1) is 0 Å². The Balaban J connectivity index is 2.29. The van der Waals surface area contributed by atoms with Crippen molar-refractivity contribution in [2.75, 3.05) is 6.26 Å². The molecule has 0 heterocycles. The number of carbonyl (C=O) groups is 1. The van der Waals surface area contributed by atoms with Crippen LogP contribution in [0.15, 0.2) is 35.2 Å². The van der Waals surface area contributed by atoms with E-state index < -0.39 is 15.7 Å². The second kappa shape index (κ2) is 7.09. The van der Waals surface area contributed by atoms with Gasteiger partial charge >= 0.3 is 0 Å². The number of amides is 1. The molecule has 0 radical (unpaired) electrons. The summed E-state index contributed by atoms with van der Waals surface area (Å²) in [4.78, 5) is 12.0. The van der Waals surface area contributed by atoms with E-state index in [1.165, 1.54) is 44.1 Å². The average molecular weight is 321 g/mol. The first kappa shape index (κ1) is 16.7. The molecule has 1 aliphatic carbocycles. The minimum Gasteiger partial charge on any atom is -0.366 e. The van der Waals surface area contributed by atoms with Crippen LogP contribution >= 0.6 is 0 Å². The van der Waals surface area contributed by atoms with Crippen molar-refractivity contribution in [3.8, 4) is 0 Å². The Hall–Kier alpha value is -1.62. The lowest BCUT2D eigenvalue weighted by molar-refractivity contribution is -0.112. The first-order chi connectivity index (χ1) is 10.4. The number of primary amides is 1. The Morgan fingerprint density at radius 2 is 1.64 bits per heavy atom. The van der Waals surface area contributed by atoms with Gasteiger partial charge in [0.25, 0.3) is 0 Å². The number of allylic oxidation sites excluding steroid dienone is 1. The molecule has 0 aliphatic heterocycles. The highest BCUT2D eigenvalue weighted by Gasteiger charge is 2.15. The first-order valence-electron chi connectivity index (χ1n) is 7.70. The van der Waals surface area contributed by atoms with E-state index in [0.29, 0.717) is 17.1 Å². The molecule has 2 rings (SSSR count). The molecule has 1 amide bonds. The van der Waals surface area contributed by atoms with Gasteiger partial charge in [-0.2, -0.15) is 0 Å². The molecular formula is C17H23NO3S. The summed E-state index contributed by atoms with van der Waals surface area (Å²) in [5.74, 6) is -0.0871. The third-order valence-corrected chi connectivity index (χ3v) is 5.29. The lowest BCUT2D eigenvalue weighted by Crippen LogP contribution is -2.14. The van der Waals surface area contributed by atoms with Gasteiger partial charge in [-0.1, -0.05) is 43.9 Å². The van der Waals surface area contributed by atoms with Gasteiger partial charge in [0, 0.05) is 11.8 Å². The van der Waals surface area contributed by atoms with Crippen LogP contribution in [0.3, 0.4) is 0 Å². The summed E-state index contributed by atoms with van der Waals surface area (Å²) in [6.07, 6.45) is 10.2. The molecule has 2 N–H and O–H groups in total. The van der Waals surface area contributed by atoms with Crippen LogP contribution < -0.4 is 5.73 Å². The molecule has 4 nitrogen and oxygen atoms in total. The fraction of sp³-hybridized carbons (Fsp3) is 0.471. The van der Waals surface area contributed by atoms with Gasteiger partial charge in [0.1, 0.15) is 0 Å². The maximum absolute atomic E-state index is 11.8. The number of nitrogens with two attached hydrogens (primary N) is 1. The van der Waals surface area contributed by atoms with Gasteiger partial charge in [-0.05, 0) is 36.5 Å². The quantitative estimate of drug-likeness (QED) is 0.684. The minimum absolute atomic E-state index is 0.245. The van der Waals surface area contributed by atoms with Crippen molar-refractivity contribution in [2.24, 2.45) is 11.7 Å². The minimum atomic E-state index is -3.23. The van der Waals surface area contributed by atoms with Gasteiger partial charge in [0.2, 0.25) is 5.91 Å². The van der Waals surface area contributed by atoms with Crippen molar-refractivity contribution >= 4 is 21.3 Å². The molecule has 1 saturated carbocycles. The Morgan fingerprint density at radius 3 is 2.09 bits per heavy atom. The summed E-state index contributed by atoms with van der Waals surface area (Å²) in [6.45, 7) is 0. The first-order valence-corrected chi connectivity index (χ1v) is 9.59. The number of sulfone groups is 1. The number of hydrogen-bond acceptors (Lipinski definition) is 3. The molecule has 22 heavy (non-hydrogen) atoms. The average Bonchev–Trinajstić information content (AvgIpc) is 2.72. The third kappa shape index (κ3) is 4.44. The molecule has 0 saturated heterocycles. The topological polar surface area (TPSA) is 77.2 Å². The van der Waals surface area contributed by atoms with E-state index in [1.54, 1.807) is 12.1 Å². The zero-order valence-electron chi connectivity index (χ0n) is 12.9. The highest BCUT2D eigenvalue weighted by atomic mass is 32.2. The second-order valence-electron chi connectivity index (χ2n) is 5.99. The molecule has 120 valence electrons. The lowest BCUT2D eigenvalue weighted by Gasteiger charge is -2.12. The number of hydrogen-bond donors (Lipinski definition) is 1. The maximum atomic E-state index is 11.8. The molecule has 5 heteroatoms. The van der Waals surface area contributed by atoms with Crippen LogP contribution in [-0.2, 0) is 14.6 Å². The van der Waals surface area contributed by atoms with E-state index in [9.17, 15) is 13.2 Å². The molecule has 0 spiro atoms. The largest absolute Gasteiger partial charge is 0.366 e. The molecule has 0 aromatic heterocycles. The summed E-state index contributed by atoms with van der Waals surface area (Å²) in [5, 5.41) is 0. The van der Waals surface area contributed by atoms with Gasteiger partial charge < -0.3 is 5.73 Å². The summed E-state index contributed by atoms with van der Waals surface area (Å²) in [7, 11) is -3.23. The Kier molecular flexibility index (Phi) is 5.40. The van der Waals surface area contributed by atoms with Crippen LogP contribution in [0.25, 0.3) is 5.57 Å². The second-order valence-corrected chi connectivity index (χ2v) is 8.01. The molecule has 1 aromatic rings. The Morgan fingerprint density at radius 1 is 1.09 bits per heavy atom. The van der Waals surface area contributed by atoms with Crippen LogP contribution in [0.4, 0.5) is 0 Å². The number of carbonyl (C=O) groups excluding carboxylic acids is 1. The van der Waals surface area contributed by atoms with E-state index in [1.807, 2.05) is 6.08 Å². The predicted octanol–water partition coefficient (Wildman–Crippen LogP) is 2.93. The molecule has 1 fully saturated rings. The SMILES string of the molecule is CS(=O)(=O)c1ccc(/C(=C\C2CCCCCC2)C(N)=O)cc1. The lowest BCUT2D eigenvalue weighted by atomic mass is 9.94. The van der Waals surface area contributed by atoms with E-state index in [4.69, 9.17) is 5.73 Å². The van der Waals surface area contributed by atoms with Crippen LogP contribution in [0, 0.1) is 5.92 Å². The van der Waals surface area contributed by atoms with E-state index in [-0.39, 0.29) is 4.90 Å². The highest BCUT2D eigenvalue weighted by molar-refractivity contribution is 7.90. The van der Waals surface area contributed by atoms with Crippen LogP contribution in [0.2, 0.25) is 0 Å². The summed E-state index contributed by atoms with van der Waals surface area (Å²) < 4.78 is 23.0. The normalized spacial score (nSPS) is 18.0. The third-order valence-electron chi connectivity index (χ3n) is 4.16. The molecule has 1 aliphatic rings. The van der Waals surface area contributed by atoms with Crippen LogP contribution in [-0.4, -0.2) is 20.6 Å². The van der Waals surface area contributed by atoms with E-state index in [0.717, 1.165) is 12.8 Å². The van der Waals surface area contributed by atoms with E-state index >= 15 is 0 Å². The predicted molar refractivity (Wildman–Crippen MR) is 87.9 cm³/mol. The van der Waals surface area contributed by atoms with Gasteiger partial charge in [0.05, 0.1) is 4.90 Å². The molecule has 0 bridgehead atoms. The molecule has 1 aromatic carbocycles. The summed E-state index contributed by atoms with van der Waals surface area (Å²) in [5.41, 5.74) is 6.70. The van der Waals surface area contributed by atoms with Crippen molar-refractivity contribution in [1.82, 2.24) is 0 Å². The Labute approximate surface area is 132 Å². The van der Waals surface area contributed by atoms with Crippen molar-refractivity contribution in [2.45, 2.75) is 43.4 Å². The number of rotatable bonds is 4. The van der Waals surface area contributed by atoms with Crippen molar-refractivity contribution in [1.29, 1.82) is 0 Å². The van der Waals surface area contributed by atoms with Crippen LogP contribution in [0.1, 0.15) is 44.1 Å². The van der Waals surface area contributed by atoms with Gasteiger partial charge in [-0.3, -0.25) is 4.79 Å². The fourth-order valence-electron chi connectivity index (χ4n) is 2.92. The standard InChI is InChI=1S/C17H23NO3S/c1-22(20,21)15-10-8-14(9-11-15)16(17(18)19)12-13-6-4-2-3-5-7-13/h8-13H,2-7H2,1H3,(H2,18,19)/b16-12+. The van der Waals surface area contributed by atoms with Crippen molar-refractivity contribution in [3.63, 3.8) is 0 Å². The van der Waals surface area contributed by atoms with Crippen LogP contribution in [0.5, 0.6) is 0 Å².